The summed E-state index contributed by atoms with van der Waals surface area (Å²) < 4.78 is 0. The molecular weight excluding hydrogens is 262 g/mol. The van der Waals surface area contributed by atoms with Crippen LogP contribution in [-0.4, -0.2) is 47.1 Å². The summed E-state index contributed by atoms with van der Waals surface area (Å²) in [5, 5.41) is 0. The Bertz CT molecular complexity index is 502. The molecular formula is C16H27N5. The molecule has 21 heavy (non-hydrogen) atoms. The molecule has 5 nitrogen and oxygen atoms in total. The summed E-state index contributed by atoms with van der Waals surface area (Å²) in [6.07, 6.45) is 5.99. The molecule has 2 aliphatic heterocycles. The molecule has 2 fully saturated rings. The van der Waals surface area contributed by atoms with Gasteiger partial charge in [0.2, 0.25) is 0 Å². The van der Waals surface area contributed by atoms with Gasteiger partial charge in [-0.15, -0.1) is 0 Å². The zero-order chi connectivity index (χ0) is 14.8. The molecule has 1 aromatic heterocycles. The minimum absolute atomic E-state index is 0.648. The monoisotopic (exact) mass is 289 g/mol. The average molecular weight is 289 g/mol. The van der Waals surface area contributed by atoms with E-state index in [1.165, 1.54) is 25.8 Å². The van der Waals surface area contributed by atoms with Gasteiger partial charge in [-0.05, 0) is 32.7 Å². The van der Waals surface area contributed by atoms with Gasteiger partial charge in [0.25, 0.3) is 0 Å². The van der Waals surface area contributed by atoms with Crippen molar-refractivity contribution < 1.29 is 0 Å². The summed E-state index contributed by atoms with van der Waals surface area (Å²) in [4.78, 5) is 14.3. The number of anilines is 2. The van der Waals surface area contributed by atoms with Gasteiger partial charge in [0, 0.05) is 37.7 Å². The van der Waals surface area contributed by atoms with Gasteiger partial charge in [-0.3, -0.25) is 4.90 Å². The number of aryl methyl sites for hydroxylation is 1. The van der Waals surface area contributed by atoms with Gasteiger partial charge in [0.1, 0.15) is 17.5 Å². The Morgan fingerprint density at radius 2 is 2.05 bits per heavy atom. The summed E-state index contributed by atoms with van der Waals surface area (Å²) in [6.45, 7) is 8.76. The predicted octanol–water partition coefficient (Wildman–Crippen LogP) is 1.99. The molecule has 0 spiro atoms. The number of rotatable bonds is 3. The molecule has 2 N–H and O–H groups in total. The van der Waals surface area contributed by atoms with Crippen LogP contribution in [-0.2, 0) is 6.42 Å². The summed E-state index contributed by atoms with van der Waals surface area (Å²) >= 11 is 0. The number of aromatic nitrogens is 2. The third kappa shape index (κ3) is 2.98. The molecule has 2 aliphatic rings. The Morgan fingerprint density at radius 1 is 1.19 bits per heavy atom. The number of fused-ring (bicyclic) bond motifs is 1. The van der Waals surface area contributed by atoms with Crippen LogP contribution >= 0.6 is 0 Å². The maximum atomic E-state index is 6.10. The molecule has 1 unspecified atom stereocenters. The fraction of sp³-hybridized carbons (Fsp3) is 0.750. The largest absolute Gasteiger partial charge is 0.383 e. The molecule has 0 aliphatic carbocycles. The highest BCUT2D eigenvalue weighted by Gasteiger charge is 2.30. The summed E-state index contributed by atoms with van der Waals surface area (Å²) in [5.74, 6) is 2.60. The first-order chi connectivity index (χ1) is 10.2. The lowest BCUT2D eigenvalue weighted by Gasteiger charge is -2.44. The van der Waals surface area contributed by atoms with Gasteiger partial charge in [-0.2, -0.15) is 0 Å². The smallest absolute Gasteiger partial charge is 0.137 e. The standard InChI is InChI=1S/C16H27N5/c1-3-6-14-18-15(17)12(2)16(19-14)21-10-9-20-8-5-4-7-13(20)11-21/h13H,3-11H2,1-2H3,(H2,17,18,19). The molecule has 3 heterocycles. The highest BCUT2D eigenvalue weighted by atomic mass is 15.3. The SMILES string of the molecule is CCCc1nc(N)c(C)c(N2CCN3CCCCC3C2)n1. The number of hydrogen-bond donors (Lipinski definition) is 1. The Balaban J connectivity index is 1.82. The van der Waals surface area contributed by atoms with Gasteiger partial charge in [0.15, 0.2) is 0 Å². The van der Waals surface area contributed by atoms with Crippen molar-refractivity contribution in [3.05, 3.63) is 11.4 Å². The fourth-order valence-electron chi connectivity index (χ4n) is 3.56. The lowest BCUT2D eigenvalue weighted by molar-refractivity contribution is 0.133. The molecule has 0 bridgehead atoms. The molecule has 3 rings (SSSR count). The molecule has 0 radical (unpaired) electrons. The maximum Gasteiger partial charge on any atom is 0.137 e. The van der Waals surface area contributed by atoms with Crippen LogP contribution in [0, 0.1) is 6.92 Å². The van der Waals surface area contributed by atoms with E-state index in [0.717, 1.165) is 49.7 Å². The number of nitrogens with zero attached hydrogens (tertiary/aromatic N) is 4. The quantitative estimate of drug-likeness (QED) is 0.922. The molecule has 2 saturated heterocycles. The van der Waals surface area contributed by atoms with Crippen LogP contribution < -0.4 is 10.6 Å². The van der Waals surface area contributed by atoms with Gasteiger partial charge < -0.3 is 10.6 Å². The maximum absolute atomic E-state index is 6.10. The van der Waals surface area contributed by atoms with E-state index in [1.54, 1.807) is 0 Å². The third-order valence-electron chi connectivity index (χ3n) is 4.81. The van der Waals surface area contributed by atoms with E-state index in [1.807, 2.05) is 6.92 Å². The topological polar surface area (TPSA) is 58.3 Å². The van der Waals surface area contributed by atoms with Crippen molar-refractivity contribution in [2.24, 2.45) is 0 Å². The predicted molar refractivity (Wildman–Crippen MR) is 86.6 cm³/mol. The van der Waals surface area contributed by atoms with Crippen LogP contribution in [0.25, 0.3) is 0 Å². The van der Waals surface area contributed by atoms with Crippen molar-refractivity contribution in [3.8, 4) is 0 Å². The van der Waals surface area contributed by atoms with Crippen LogP contribution in [0.15, 0.2) is 0 Å². The van der Waals surface area contributed by atoms with E-state index in [4.69, 9.17) is 10.7 Å². The van der Waals surface area contributed by atoms with Crippen molar-refractivity contribution in [1.29, 1.82) is 0 Å². The van der Waals surface area contributed by atoms with Gasteiger partial charge in [0.05, 0.1) is 0 Å². The minimum atomic E-state index is 0.648. The average Bonchev–Trinajstić information content (AvgIpc) is 2.50. The number of piperidine rings is 1. The minimum Gasteiger partial charge on any atom is -0.383 e. The first kappa shape index (κ1) is 14.6. The van der Waals surface area contributed by atoms with Crippen LogP contribution in [0.1, 0.15) is 44.0 Å². The van der Waals surface area contributed by atoms with E-state index in [9.17, 15) is 0 Å². The number of piperazine rings is 1. The van der Waals surface area contributed by atoms with E-state index < -0.39 is 0 Å². The first-order valence-corrected chi connectivity index (χ1v) is 8.31. The van der Waals surface area contributed by atoms with Gasteiger partial charge in [-0.25, -0.2) is 9.97 Å². The van der Waals surface area contributed by atoms with Crippen molar-refractivity contribution in [3.63, 3.8) is 0 Å². The summed E-state index contributed by atoms with van der Waals surface area (Å²) in [5.41, 5.74) is 7.14. The molecule has 0 saturated carbocycles. The summed E-state index contributed by atoms with van der Waals surface area (Å²) in [6, 6.07) is 0.692. The number of nitrogens with two attached hydrogens (primary N) is 1. The molecule has 116 valence electrons. The highest BCUT2D eigenvalue weighted by molar-refractivity contribution is 5.57. The van der Waals surface area contributed by atoms with Crippen molar-refractivity contribution in [2.45, 2.75) is 52.0 Å². The second kappa shape index (κ2) is 6.18. The van der Waals surface area contributed by atoms with Crippen LogP contribution in [0.2, 0.25) is 0 Å². The molecule has 1 atom stereocenters. The van der Waals surface area contributed by atoms with Crippen LogP contribution in [0.3, 0.4) is 0 Å². The van der Waals surface area contributed by atoms with Crippen molar-refractivity contribution >= 4 is 11.6 Å². The first-order valence-electron chi connectivity index (χ1n) is 8.31. The summed E-state index contributed by atoms with van der Waals surface area (Å²) in [7, 11) is 0. The second-order valence-electron chi connectivity index (χ2n) is 6.36. The zero-order valence-electron chi connectivity index (χ0n) is 13.3. The van der Waals surface area contributed by atoms with E-state index >= 15 is 0 Å². The zero-order valence-corrected chi connectivity index (χ0v) is 13.3. The Hall–Kier alpha value is -1.36. The van der Waals surface area contributed by atoms with Crippen molar-refractivity contribution in [1.82, 2.24) is 14.9 Å². The normalized spacial score (nSPS) is 23.1. The second-order valence-corrected chi connectivity index (χ2v) is 6.36. The highest BCUT2D eigenvalue weighted by Crippen LogP contribution is 2.27. The molecule has 0 aromatic carbocycles. The lowest BCUT2D eigenvalue weighted by Crippen LogP contribution is -2.55. The molecule has 1 aromatic rings. The Morgan fingerprint density at radius 3 is 2.86 bits per heavy atom. The number of nitrogen functional groups attached to an aromatic ring is 1. The van der Waals surface area contributed by atoms with E-state index in [0.29, 0.717) is 11.9 Å². The number of hydrogen-bond acceptors (Lipinski definition) is 5. The molecule has 0 amide bonds. The molecule has 5 heteroatoms. The van der Waals surface area contributed by atoms with Gasteiger partial charge >= 0.3 is 0 Å². The lowest BCUT2D eigenvalue weighted by atomic mass is 9.99. The Labute approximate surface area is 127 Å². The van der Waals surface area contributed by atoms with E-state index in [-0.39, 0.29) is 0 Å². The van der Waals surface area contributed by atoms with Gasteiger partial charge in [-0.1, -0.05) is 13.3 Å². The van der Waals surface area contributed by atoms with E-state index in [2.05, 4.69) is 21.7 Å². The fourth-order valence-corrected chi connectivity index (χ4v) is 3.56. The Kier molecular flexibility index (Phi) is 4.29. The van der Waals surface area contributed by atoms with Crippen LogP contribution in [0.4, 0.5) is 11.6 Å². The third-order valence-corrected chi connectivity index (χ3v) is 4.81. The van der Waals surface area contributed by atoms with Crippen molar-refractivity contribution in [2.75, 3.05) is 36.8 Å². The van der Waals surface area contributed by atoms with Crippen LogP contribution in [0.5, 0.6) is 0 Å².